The lowest BCUT2D eigenvalue weighted by atomic mass is 10.0. The molecule has 0 aliphatic rings. The number of nitro groups is 1. The van der Waals surface area contributed by atoms with Crippen molar-refractivity contribution in [3.05, 3.63) is 39.9 Å². The smallest absolute Gasteiger partial charge is 0.320 e. The monoisotopic (exact) mass is 596 g/mol. The van der Waals surface area contributed by atoms with Crippen LogP contribution in [0.3, 0.4) is 0 Å². The summed E-state index contributed by atoms with van der Waals surface area (Å²) in [4.78, 5) is 56.2. The third-order valence-corrected chi connectivity index (χ3v) is 5.00. The van der Waals surface area contributed by atoms with Crippen LogP contribution in [0.25, 0.3) is 0 Å². The van der Waals surface area contributed by atoms with Gasteiger partial charge in [0.15, 0.2) is 10.8 Å². The van der Waals surface area contributed by atoms with Gasteiger partial charge in [-0.15, -0.1) is 0 Å². The summed E-state index contributed by atoms with van der Waals surface area (Å²) in [6, 6.07) is 2.86. The topological polar surface area (TPSA) is 284 Å². The van der Waals surface area contributed by atoms with Crippen molar-refractivity contribution in [1.29, 1.82) is 0 Å². The maximum absolute atomic E-state index is 11.7. The van der Waals surface area contributed by atoms with Gasteiger partial charge in [-0.25, -0.2) is 0 Å². The quantitative estimate of drug-likeness (QED) is 0.0262. The molecule has 16 nitrogen and oxygen atoms in total. The minimum absolute atomic E-state index is 0.0129. The molecule has 1 amide bonds. The van der Waals surface area contributed by atoms with Gasteiger partial charge < -0.3 is 42.6 Å². The van der Waals surface area contributed by atoms with E-state index in [2.05, 4.69) is 10.3 Å². The molecule has 1 rings (SSSR count). The highest BCUT2D eigenvalue weighted by Crippen LogP contribution is 2.21. The third kappa shape index (κ3) is 16.0. The molecule has 0 aliphatic carbocycles. The summed E-state index contributed by atoms with van der Waals surface area (Å²) < 4.78 is 4.87. The van der Waals surface area contributed by atoms with E-state index in [1.165, 1.54) is 12.1 Å². The first-order valence-electron chi connectivity index (χ1n) is 11.1. The van der Waals surface area contributed by atoms with Crippen molar-refractivity contribution in [2.45, 2.75) is 48.7 Å². The molecule has 0 saturated carbocycles. The molecule has 1 aromatic rings. The van der Waals surface area contributed by atoms with Crippen molar-refractivity contribution in [1.82, 2.24) is 5.32 Å². The Labute approximate surface area is 232 Å². The van der Waals surface area contributed by atoms with Crippen molar-refractivity contribution in [3.8, 4) is 0 Å². The van der Waals surface area contributed by atoms with Crippen LogP contribution >= 0.6 is 23.2 Å². The Kier molecular flexibility index (Phi) is 16.7. The zero-order valence-corrected chi connectivity index (χ0v) is 22.0. The van der Waals surface area contributed by atoms with E-state index in [1.807, 2.05) is 0 Å². The molecule has 0 unspecified atom stereocenters. The molecule has 0 heterocycles. The number of amides is 1. The molecule has 0 radical (unpaired) electrons. The Morgan fingerprint density at radius 3 is 2.15 bits per heavy atom. The molecule has 0 aliphatic heterocycles. The summed E-state index contributed by atoms with van der Waals surface area (Å²) in [6.45, 7) is -0.0772. The van der Waals surface area contributed by atoms with Crippen molar-refractivity contribution in [2.75, 3.05) is 13.2 Å². The number of alkyl halides is 2. The van der Waals surface area contributed by atoms with Crippen molar-refractivity contribution < 1.29 is 44.2 Å². The van der Waals surface area contributed by atoms with Gasteiger partial charge in [0.1, 0.15) is 18.8 Å². The number of benzene rings is 1. The first kappa shape index (κ1) is 35.3. The van der Waals surface area contributed by atoms with Crippen LogP contribution in [0.5, 0.6) is 0 Å². The summed E-state index contributed by atoms with van der Waals surface area (Å²) in [6.07, 6.45) is -1.28. The van der Waals surface area contributed by atoms with Crippen LogP contribution in [-0.4, -0.2) is 80.1 Å². The van der Waals surface area contributed by atoms with Crippen LogP contribution in [0.15, 0.2) is 29.3 Å². The largest absolute Gasteiger partial charge is 0.481 e. The van der Waals surface area contributed by atoms with Gasteiger partial charge in [0.2, 0.25) is 0 Å². The first-order valence-corrected chi connectivity index (χ1v) is 11.9. The maximum atomic E-state index is 11.7. The molecule has 1 aromatic carbocycles. The van der Waals surface area contributed by atoms with Gasteiger partial charge in [-0.2, -0.15) is 0 Å². The minimum Gasteiger partial charge on any atom is -0.481 e. The number of aliphatic hydroxyl groups excluding tert-OH is 1. The second kappa shape index (κ2) is 18.5. The molecular weight excluding hydrogens is 567 g/mol. The first-order chi connectivity index (χ1) is 18.1. The molecule has 0 aromatic heterocycles. The normalized spacial score (nSPS) is 12.6. The standard InChI is InChI=1S/C15H16Cl2N2O8.C6H14N4O2/c16-14(17)15(24)18-10(7-27-12(22)6-5-11(20)21)13(23)8-1-3-9(4-2-8)19(25)26;7-4(5(11)12)2-1-3-10-6(8)9/h1-4,10,13-14,23H,5-7H2,(H,18,24)(H,20,21);4H,1-3,7H2,(H,11,12)(H4,8,9,10)/t10-,13-;4-/m10/s1. The number of hydrogen-bond donors (Lipinski definition) is 7. The minimum atomic E-state index is -1.45. The number of nitro benzene ring substituents is 1. The van der Waals surface area contributed by atoms with E-state index < -0.39 is 71.2 Å². The predicted octanol–water partition coefficient (Wildman–Crippen LogP) is -0.223. The van der Waals surface area contributed by atoms with Crippen LogP contribution in [-0.2, 0) is 23.9 Å². The number of aliphatic hydroxyl groups is 1. The van der Waals surface area contributed by atoms with E-state index in [0.717, 1.165) is 12.1 Å². The van der Waals surface area contributed by atoms with Gasteiger partial charge in [0.05, 0.1) is 23.8 Å². The van der Waals surface area contributed by atoms with E-state index in [-0.39, 0.29) is 17.2 Å². The number of ether oxygens (including phenoxy) is 1. The number of hydrogen-bond acceptors (Lipinski definition) is 10. The molecule has 0 spiro atoms. The molecule has 10 N–H and O–H groups in total. The summed E-state index contributed by atoms with van der Waals surface area (Å²) in [5.41, 5.74) is 15.3. The third-order valence-electron chi connectivity index (χ3n) is 4.60. The van der Waals surface area contributed by atoms with E-state index in [9.17, 15) is 34.4 Å². The molecular formula is C21H30Cl2N6O10. The number of guanidine groups is 1. The molecule has 218 valence electrons. The van der Waals surface area contributed by atoms with Gasteiger partial charge >= 0.3 is 17.9 Å². The van der Waals surface area contributed by atoms with Gasteiger partial charge in [0, 0.05) is 18.7 Å². The summed E-state index contributed by atoms with van der Waals surface area (Å²) in [5, 5.41) is 40.3. The molecule has 39 heavy (non-hydrogen) atoms. The number of aliphatic carboxylic acids is 2. The number of carboxylic acid groups (broad SMARTS) is 2. The lowest BCUT2D eigenvalue weighted by Gasteiger charge is -2.24. The van der Waals surface area contributed by atoms with E-state index >= 15 is 0 Å². The lowest BCUT2D eigenvalue weighted by molar-refractivity contribution is -0.384. The lowest BCUT2D eigenvalue weighted by Crippen LogP contribution is -2.45. The number of nitrogens with zero attached hydrogens (tertiary/aromatic N) is 2. The molecule has 0 fully saturated rings. The average Bonchev–Trinajstić information content (AvgIpc) is 2.87. The molecule has 18 heteroatoms. The Morgan fingerprint density at radius 2 is 1.69 bits per heavy atom. The number of aliphatic imine (C=N–C) groups is 1. The number of carbonyl (C=O) groups is 4. The van der Waals surface area contributed by atoms with E-state index in [4.69, 9.17) is 55.4 Å². The number of halogens is 2. The van der Waals surface area contributed by atoms with Crippen LogP contribution in [0, 0.1) is 10.1 Å². The van der Waals surface area contributed by atoms with Crippen molar-refractivity contribution in [3.63, 3.8) is 0 Å². The summed E-state index contributed by atoms with van der Waals surface area (Å²) in [5.74, 6) is -3.87. The Balaban J connectivity index is 0.00000101. The Hall–Kier alpha value is -3.73. The SMILES string of the molecule is NC(N)=NCCC[C@H](N)C(=O)O.O=C(O)CCC(=O)OC[C@@H](NC(=O)C(Cl)Cl)[C@H](O)c1ccc([N+](=O)[O-])cc1. The number of esters is 1. The predicted molar refractivity (Wildman–Crippen MR) is 139 cm³/mol. The van der Waals surface area contributed by atoms with Gasteiger partial charge in [-0.3, -0.25) is 34.3 Å². The number of nitrogens with two attached hydrogens (primary N) is 3. The van der Waals surface area contributed by atoms with Crippen LogP contribution in [0.4, 0.5) is 5.69 Å². The van der Waals surface area contributed by atoms with Gasteiger partial charge in [0.25, 0.3) is 11.6 Å². The second-order valence-corrected chi connectivity index (χ2v) is 8.78. The van der Waals surface area contributed by atoms with Gasteiger partial charge in [-0.1, -0.05) is 23.2 Å². The van der Waals surface area contributed by atoms with E-state index in [0.29, 0.717) is 19.4 Å². The van der Waals surface area contributed by atoms with Gasteiger partial charge in [-0.05, 0) is 30.5 Å². The number of nitrogens with one attached hydrogen (secondary N) is 1. The fourth-order valence-corrected chi connectivity index (χ4v) is 2.72. The van der Waals surface area contributed by atoms with Crippen molar-refractivity contribution in [2.24, 2.45) is 22.2 Å². The molecule has 0 bridgehead atoms. The fourth-order valence-electron chi connectivity index (χ4n) is 2.59. The Morgan fingerprint density at radius 1 is 1.10 bits per heavy atom. The summed E-state index contributed by atoms with van der Waals surface area (Å²) >= 11 is 10.9. The van der Waals surface area contributed by atoms with Crippen LogP contribution in [0.2, 0.25) is 0 Å². The highest BCUT2D eigenvalue weighted by atomic mass is 35.5. The zero-order valence-electron chi connectivity index (χ0n) is 20.4. The zero-order chi connectivity index (χ0) is 30.1. The maximum Gasteiger partial charge on any atom is 0.320 e. The number of rotatable bonds is 15. The molecule has 3 atom stereocenters. The summed E-state index contributed by atoms with van der Waals surface area (Å²) in [7, 11) is 0. The highest BCUT2D eigenvalue weighted by molar-refractivity contribution is 6.53. The highest BCUT2D eigenvalue weighted by Gasteiger charge is 2.27. The van der Waals surface area contributed by atoms with Crippen LogP contribution < -0.4 is 22.5 Å². The number of non-ortho nitro benzene ring substituents is 1. The fraction of sp³-hybridized carbons (Fsp3) is 0.476. The number of carbonyl (C=O) groups excluding carboxylic acids is 2. The van der Waals surface area contributed by atoms with E-state index in [1.54, 1.807) is 0 Å². The second-order valence-electron chi connectivity index (χ2n) is 7.68. The molecule has 0 saturated heterocycles. The Bertz CT molecular complexity index is 1010. The van der Waals surface area contributed by atoms with Crippen molar-refractivity contribution >= 4 is 58.7 Å². The number of carboxylic acids is 2. The average molecular weight is 597 g/mol. The van der Waals surface area contributed by atoms with Crippen LogP contribution in [0.1, 0.15) is 37.4 Å².